The number of aromatic amines is 1. The molecule has 1 aliphatic heterocycles. The van der Waals surface area contributed by atoms with Crippen LogP contribution in [0.4, 0.5) is 10.5 Å². The van der Waals surface area contributed by atoms with Crippen molar-refractivity contribution in [3.8, 4) is 11.5 Å². The molecule has 0 radical (unpaired) electrons. The van der Waals surface area contributed by atoms with Crippen LogP contribution in [0, 0.1) is 0 Å². The van der Waals surface area contributed by atoms with Gasteiger partial charge in [0.25, 0.3) is 0 Å². The fourth-order valence-corrected chi connectivity index (χ4v) is 4.66. The van der Waals surface area contributed by atoms with Crippen molar-refractivity contribution in [2.75, 3.05) is 25.2 Å². The number of carbonyl (C=O) groups excluding carboxylic acids is 1. The molecule has 0 saturated carbocycles. The fraction of sp³-hybridized carbons (Fsp3) is 0.423. The summed E-state index contributed by atoms with van der Waals surface area (Å²) in [6.07, 6.45) is 5.92. The first-order chi connectivity index (χ1) is 16.0. The van der Waals surface area contributed by atoms with E-state index in [9.17, 15) is 4.79 Å². The van der Waals surface area contributed by atoms with Crippen molar-refractivity contribution in [3.05, 3.63) is 53.2 Å². The van der Waals surface area contributed by atoms with Gasteiger partial charge >= 0.3 is 6.03 Å². The van der Waals surface area contributed by atoms with Crippen molar-refractivity contribution >= 4 is 34.2 Å². The molecule has 1 aliphatic rings. The molecule has 33 heavy (non-hydrogen) atoms. The molecule has 3 aromatic rings. The average molecular weight is 470 g/mol. The minimum Gasteiger partial charge on any atom is -0.493 e. The van der Waals surface area contributed by atoms with Crippen LogP contribution in [0.2, 0.25) is 5.02 Å². The third kappa shape index (κ3) is 4.91. The van der Waals surface area contributed by atoms with Crippen molar-refractivity contribution in [2.45, 2.75) is 52.1 Å². The number of urea groups is 1. The summed E-state index contributed by atoms with van der Waals surface area (Å²) < 4.78 is 11.5. The van der Waals surface area contributed by atoms with Crippen molar-refractivity contribution in [3.63, 3.8) is 0 Å². The molecule has 7 heteroatoms. The number of H-pyrrole nitrogens is 1. The van der Waals surface area contributed by atoms with Crippen LogP contribution in [0.25, 0.3) is 10.9 Å². The second-order valence-electron chi connectivity index (χ2n) is 8.57. The quantitative estimate of drug-likeness (QED) is 0.358. The minimum absolute atomic E-state index is 0.0143. The number of amides is 2. The number of hydrogen-bond acceptors (Lipinski definition) is 3. The minimum atomic E-state index is -0.0143. The van der Waals surface area contributed by atoms with Gasteiger partial charge in [-0.2, -0.15) is 0 Å². The Morgan fingerprint density at radius 2 is 2.03 bits per heavy atom. The molecule has 1 saturated heterocycles. The number of halogens is 1. The van der Waals surface area contributed by atoms with Gasteiger partial charge in [0.15, 0.2) is 11.5 Å². The second kappa shape index (κ2) is 10.4. The van der Waals surface area contributed by atoms with Crippen LogP contribution in [0.15, 0.2) is 42.6 Å². The van der Waals surface area contributed by atoms with E-state index in [-0.39, 0.29) is 12.1 Å². The van der Waals surface area contributed by atoms with E-state index < -0.39 is 0 Å². The van der Waals surface area contributed by atoms with E-state index in [2.05, 4.69) is 18.8 Å². The van der Waals surface area contributed by atoms with Crippen LogP contribution >= 0.6 is 11.6 Å². The van der Waals surface area contributed by atoms with E-state index in [1.54, 1.807) is 13.3 Å². The number of hydrogen-bond donors (Lipinski definition) is 1. The van der Waals surface area contributed by atoms with E-state index in [1.807, 2.05) is 46.2 Å². The van der Waals surface area contributed by atoms with Crippen LogP contribution in [-0.2, 0) is 6.54 Å². The highest BCUT2D eigenvalue weighted by Crippen LogP contribution is 2.35. The number of unbranched alkanes of at least 4 members (excludes halogenated alkanes) is 2. The summed E-state index contributed by atoms with van der Waals surface area (Å²) in [6, 6.07) is 11.9. The molecule has 4 rings (SSSR count). The second-order valence-corrected chi connectivity index (χ2v) is 8.97. The normalized spacial score (nSPS) is 16.5. The molecule has 1 fully saturated rings. The first-order valence-corrected chi connectivity index (χ1v) is 12.0. The van der Waals surface area contributed by atoms with Crippen molar-refractivity contribution in [1.29, 1.82) is 0 Å². The van der Waals surface area contributed by atoms with Gasteiger partial charge in [-0.05, 0) is 43.5 Å². The number of methoxy groups -OCH3 is 1. The number of aromatic nitrogens is 1. The van der Waals surface area contributed by atoms with Gasteiger partial charge < -0.3 is 19.4 Å². The van der Waals surface area contributed by atoms with E-state index in [1.165, 1.54) is 0 Å². The van der Waals surface area contributed by atoms with E-state index in [0.717, 1.165) is 47.8 Å². The SMILES string of the molecule is CCCCCOc1cc(N2CC[C@@H](C)N(Cc3cccc4[nH]cc(Cl)c34)C2=O)ccc1OC. The number of nitrogens with zero attached hydrogens (tertiary/aromatic N) is 2. The van der Waals surface area contributed by atoms with E-state index in [4.69, 9.17) is 21.1 Å². The standard InChI is InChI=1S/C26H32ClN3O3/c1-4-5-6-14-33-24-15-20(10-11-23(24)32-3)29-13-12-18(2)30(26(29)31)17-19-8-7-9-22-25(19)21(27)16-28-22/h7-11,15-16,18,28H,4-6,12-14,17H2,1-3H3/t18-/m1/s1. The summed E-state index contributed by atoms with van der Waals surface area (Å²) in [5.74, 6) is 1.35. The zero-order chi connectivity index (χ0) is 23.4. The number of carbonyl (C=O) groups is 1. The molecule has 1 atom stereocenters. The van der Waals surface area contributed by atoms with Crippen LogP contribution in [0.3, 0.4) is 0 Å². The zero-order valence-electron chi connectivity index (χ0n) is 19.6. The Bertz CT molecular complexity index is 1110. The van der Waals surface area contributed by atoms with Crippen LogP contribution in [0.1, 0.15) is 45.1 Å². The smallest absolute Gasteiger partial charge is 0.325 e. The van der Waals surface area contributed by atoms with E-state index in [0.29, 0.717) is 36.2 Å². The van der Waals surface area contributed by atoms with Gasteiger partial charge in [0.1, 0.15) is 0 Å². The first-order valence-electron chi connectivity index (χ1n) is 11.7. The summed E-state index contributed by atoms with van der Waals surface area (Å²) in [4.78, 5) is 20.6. The summed E-state index contributed by atoms with van der Waals surface area (Å²) in [6.45, 7) is 6.06. The largest absolute Gasteiger partial charge is 0.493 e. The lowest BCUT2D eigenvalue weighted by molar-refractivity contribution is 0.166. The van der Waals surface area contributed by atoms with Gasteiger partial charge in [0, 0.05) is 48.0 Å². The predicted molar refractivity (Wildman–Crippen MR) is 134 cm³/mol. The molecule has 6 nitrogen and oxygen atoms in total. The number of anilines is 1. The van der Waals surface area contributed by atoms with Gasteiger partial charge in [0.05, 0.1) is 18.7 Å². The van der Waals surface area contributed by atoms with Crippen molar-refractivity contribution < 1.29 is 14.3 Å². The average Bonchev–Trinajstić information content (AvgIpc) is 3.21. The van der Waals surface area contributed by atoms with E-state index >= 15 is 0 Å². The van der Waals surface area contributed by atoms with Crippen LogP contribution < -0.4 is 14.4 Å². The third-order valence-corrected chi connectivity index (χ3v) is 6.63. The lowest BCUT2D eigenvalue weighted by atomic mass is 10.1. The van der Waals surface area contributed by atoms with Crippen LogP contribution in [0.5, 0.6) is 11.5 Å². The Kier molecular flexibility index (Phi) is 7.33. The molecule has 1 N–H and O–H groups in total. The van der Waals surface area contributed by atoms with Gasteiger partial charge in [-0.25, -0.2) is 4.79 Å². The molecule has 0 unspecified atom stereocenters. The molecule has 0 bridgehead atoms. The third-order valence-electron chi connectivity index (χ3n) is 6.33. The molecule has 176 valence electrons. The number of nitrogens with one attached hydrogen (secondary N) is 1. The number of benzene rings is 2. The Morgan fingerprint density at radius 3 is 2.82 bits per heavy atom. The van der Waals surface area contributed by atoms with Gasteiger partial charge in [-0.3, -0.25) is 4.90 Å². The summed E-state index contributed by atoms with van der Waals surface area (Å²) >= 11 is 6.43. The highest BCUT2D eigenvalue weighted by atomic mass is 35.5. The maximum Gasteiger partial charge on any atom is 0.325 e. The summed E-state index contributed by atoms with van der Waals surface area (Å²) in [7, 11) is 1.64. The van der Waals surface area contributed by atoms with Gasteiger partial charge in [0.2, 0.25) is 0 Å². The predicted octanol–water partition coefficient (Wildman–Crippen LogP) is 6.62. The molecule has 2 amide bonds. The Balaban J connectivity index is 1.57. The Labute approximate surface area is 200 Å². The first kappa shape index (κ1) is 23.3. The lowest BCUT2D eigenvalue weighted by Gasteiger charge is -2.40. The number of ether oxygens (including phenoxy) is 2. The van der Waals surface area contributed by atoms with Crippen molar-refractivity contribution in [2.24, 2.45) is 0 Å². The molecule has 2 aromatic carbocycles. The van der Waals surface area contributed by atoms with Gasteiger partial charge in [-0.1, -0.05) is 43.5 Å². The Hall–Kier alpha value is -2.86. The molecular weight excluding hydrogens is 438 g/mol. The molecule has 2 heterocycles. The lowest BCUT2D eigenvalue weighted by Crippen LogP contribution is -2.53. The van der Waals surface area contributed by atoms with Crippen LogP contribution in [-0.4, -0.2) is 42.2 Å². The summed E-state index contributed by atoms with van der Waals surface area (Å²) in [5, 5.41) is 1.65. The van der Waals surface area contributed by atoms with Crippen molar-refractivity contribution in [1.82, 2.24) is 9.88 Å². The number of fused-ring (bicyclic) bond motifs is 1. The Morgan fingerprint density at radius 1 is 1.18 bits per heavy atom. The molecule has 0 aliphatic carbocycles. The maximum atomic E-state index is 13.6. The fourth-order valence-electron chi connectivity index (χ4n) is 4.39. The molecular formula is C26H32ClN3O3. The highest BCUT2D eigenvalue weighted by Gasteiger charge is 2.32. The summed E-state index contributed by atoms with van der Waals surface area (Å²) in [5.41, 5.74) is 2.84. The maximum absolute atomic E-state index is 13.6. The zero-order valence-corrected chi connectivity index (χ0v) is 20.3. The monoisotopic (exact) mass is 469 g/mol. The molecule has 0 spiro atoms. The number of rotatable bonds is 9. The van der Waals surface area contributed by atoms with Gasteiger partial charge in [-0.15, -0.1) is 0 Å². The highest BCUT2D eigenvalue weighted by molar-refractivity contribution is 6.35. The molecule has 1 aromatic heterocycles. The topological polar surface area (TPSA) is 57.8 Å².